The van der Waals surface area contributed by atoms with Gasteiger partial charge in [-0.2, -0.15) is 5.10 Å². The van der Waals surface area contributed by atoms with Crippen LogP contribution in [0.5, 0.6) is 0 Å². The fourth-order valence-corrected chi connectivity index (χ4v) is 3.18. The molecule has 1 saturated carbocycles. The number of hydrogen-bond acceptors (Lipinski definition) is 3. The van der Waals surface area contributed by atoms with Crippen LogP contribution >= 0.6 is 0 Å². The highest BCUT2D eigenvalue weighted by Crippen LogP contribution is 2.31. The first-order valence-electron chi connectivity index (χ1n) is 8.02. The Kier molecular flexibility index (Phi) is 3.64. The van der Waals surface area contributed by atoms with Gasteiger partial charge in [-0.3, -0.25) is 0 Å². The Balaban J connectivity index is 1.80. The third-order valence-electron chi connectivity index (χ3n) is 4.52. The van der Waals surface area contributed by atoms with Gasteiger partial charge in [-0.1, -0.05) is 34.1 Å². The molecule has 1 aliphatic carbocycles. The van der Waals surface area contributed by atoms with Gasteiger partial charge in [0, 0.05) is 24.4 Å². The van der Waals surface area contributed by atoms with Crippen LogP contribution < -0.4 is 5.32 Å². The minimum Gasteiger partial charge on any atom is -0.368 e. The second-order valence-electron chi connectivity index (χ2n) is 7.55. The third kappa shape index (κ3) is 3.04. The second-order valence-corrected chi connectivity index (χ2v) is 7.55. The summed E-state index contributed by atoms with van der Waals surface area (Å²) in [5.41, 5.74) is 2.24. The lowest BCUT2D eigenvalue weighted by Crippen LogP contribution is -2.13. The molecule has 0 amide bonds. The summed E-state index contributed by atoms with van der Waals surface area (Å²) in [6.45, 7) is 9.94. The molecule has 2 heterocycles. The highest BCUT2D eigenvalue weighted by molar-refractivity contribution is 5.68. The van der Waals surface area contributed by atoms with Gasteiger partial charge in [-0.25, -0.2) is 9.50 Å². The molecule has 4 nitrogen and oxygen atoms in total. The second kappa shape index (κ2) is 5.32. The van der Waals surface area contributed by atoms with E-state index in [0.717, 1.165) is 35.4 Å². The van der Waals surface area contributed by atoms with Crippen LogP contribution in [0.4, 0.5) is 5.82 Å². The molecule has 2 aromatic heterocycles. The van der Waals surface area contributed by atoms with E-state index in [-0.39, 0.29) is 5.41 Å². The monoisotopic (exact) mass is 286 g/mol. The highest BCUT2D eigenvalue weighted by atomic mass is 15.2. The van der Waals surface area contributed by atoms with Gasteiger partial charge in [-0.05, 0) is 30.7 Å². The largest absolute Gasteiger partial charge is 0.368 e. The molecule has 1 N–H and O–H groups in total. The molecular formula is C17H26N4. The lowest BCUT2D eigenvalue weighted by Gasteiger charge is -2.13. The topological polar surface area (TPSA) is 42.2 Å². The summed E-state index contributed by atoms with van der Waals surface area (Å²) in [6.07, 6.45) is 7.79. The van der Waals surface area contributed by atoms with Gasteiger partial charge in [0.05, 0.1) is 5.69 Å². The lowest BCUT2D eigenvalue weighted by molar-refractivity contribution is 0.536. The van der Waals surface area contributed by atoms with E-state index in [1.807, 2.05) is 16.9 Å². The number of aromatic nitrogens is 3. The molecule has 0 spiro atoms. The number of hydrogen-bond donors (Lipinski definition) is 1. The van der Waals surface area contributed by atoms with Crippen molar-refractivity contribution in [3.63, 3.8) is 0 Å². The molecule has 4 heteroatoms. The molecule has 0 radical (unpaired) electrons. The van der Waals surface area contributed by atoms with Crippen LogP contribution in [0.15, 0.2) is 18.5 Å². The Morgan fingerprint density at radius 2 is 2.14 bits per heavy atom. The van der Waals surface area contributed by atoms with Crippen LogP contribution in [0.1, 0.15) is 52.7 Å². The quantitative estimate of drug-likeness (QED) is 0.931. The lowest BCUT2D eigenvalue weighted by atomic mass is 9.92. The molecule has 1 aliphatic rings. The van der Waals surface area contributed by atoms with Gasteiger partial charge in [0.15, 0.2) is 5.82 Å². The predicted octanol–water partition coefficient (Wildman–Crippen LogP) is 3.87. The minimum absolute atomic E-state index is 0.0597. The van der Waals surface area contributed by atoms with Gasteiger partial charge >= 0.3 is 0 Å². The Labute approximate surface area is 127 Å². The summed E-state index contributed by atoms with van der Waals surface area (Å²) in [6, 6.07) is 2.16. The standard InChI is InChI=1S/C17H26N4/c1-12-5-6-13(9-12)11-19-16-14-10-15(17(2,3)4)20-21(14)8-7-18-16/h7-8,10,12-13H,5-6,9,11H2,1-4H3,(H,18,19). The van der Waals surface area contributed by atoms with E-state index in [9.17, 15) is 0 Å². The van der Waals surface area contributed by atoms with Gasteiger partial charge < -0.3 is 5.32 Å². The van der Waals surface area contributed by atoms with E-state index in [2.05, 4.69) is 49.2 Å². The molecule has 0 bridgehead atoms. The van der Waals surface area contributed by atoms with Crippen molar-refractivity contribution in [3.8, 4) is 0 Å². The van der Waals surface area contributed by atoms with E-state index in [4.69, 9.17) is 0 Å². The normalized spacial score (nSPS) is 22.9. The van der Waals surface area contributed by atoms with Crippen molar-refractivity contribution >= 4 is 11.3 Å². The zero-order valence-corrected chi connectivity index (χ0v) is 13.6. The number of fused-ring (bicyclic) bond motifs is 1. The first-order chi connectivity index (χ1) is 9.93. The van der Waals surface area contributed by atoms with E-state index < -0.39 is 0 Å². The van der Waals surface area contributed by atoms with E-state index in [0.29, 0.717) is 0 Å². The summed E-state index contributed by atoms with van der Waals surface area (Å²) < 4.78 is 1.94. The Morgan fingerprint density at radius 3 is 2.81 bits per heavy atom. The molecule has 1 fully saturated rings. The van der Waals surface area contributed by atoms with E-state index in [1.165, 1.54) is 19.3 Å². The maximum absolute atomic E-state index is 4.67. The number of rotatable bonds is 3. The van der Waals surface area contributed by atoms with Crippen molar-refractivity contribution in [1.29, 1.82) is 0 Å². The summed E-state index contributed by atoms with van der Waals surface area (Å²) in [5, 5.41) is 8.22. The molecule has 3 rings (SSSR count). The zero-order valence-electron chi connectivity index (χ0n) is 13.6. The minimum atomic E-state index is 0.0597. The predicted molar refractivity (Wildman–Crippen MR) is 86.7 cm³/mol. The zero-order chi connectivity index (χ0) is 15.0. The van der Waals surface area contributed by atoms with Crippen molar-refractivity contribution in [2.24, 2.45) is 11.8 Å². The van der Waals surface area contributed by atoms with Crippen LogP contribution in [0, 0.1) is 11.8 Å². The van der Waals surface area contributed by atoms with Gasteiger partial charge in [0.25, 0.3) is 0 Å². The third-order valence-corrected chi connectivity index (χ3v) is 4.52. The van der Waals surface area contributed by atoms with Crippen LogP contribution in [-0.4, -0.2) is 21.1 Å². The van der Waals surface area contributed by atoms with Gasteiger partial charge in [0.1, 0.15) is 5.52 Å². The SMILES string of the molecule is CC1CCC(CNc2nccn3nc(C(C)(C)C)cc23)C1. The Bertz CT molecular complexity index is 623. The van der Waals surface area contributed by atoms with Crippen molar-refractivity contribution in [1.82, 2.24) is 14.6 Å². The number of nitrogens with one attached hydrogen (secondary N) is 1. The van der Waals surface area contributed by atoms with E-state index in [1.54, 1.807) is 0 Å². The molecule has 2 aromatic rings. The molecule has 2 atom stereocenters. The molecule has 0 saturated heterocycles. The smallest absolute Gasteiger partial charge is 0.152 e. The Hall–Kier alpha value is -1.58. The van der Waals surface area contributed by atoms with Crippen molar-refractivity contribution in [3.05, 3.63) is 24.2 Å². The fourth-order valence-electron chi connectivity index (χ4n) is 3.18. The maximum atomic E-state index is 4.67. The van der Waals surface area contributed by atoms with E-state index >= 15 is 0 Å². The first kappa shape index (κ1) is 14.4. The summed E-state index contributed by atoms with van der Waals surface area (Å²) in [7, 11) is 0. The molecule has 21 heavy (non-hydrogen) atoms. The van der Waals surface area contributed by atoms with Crippen LogP contribution in [0.25, 0.3) is 5.52 Å². The summed E-state index contributed by atoms with van der Waals surface area (Å²) >= 11 is 0. The molecule has 2 unspecified atom stereocenters. The first-order valence-corrected chi connectivity index (χ1v) is 8.02. The molecule has 0 aromatic carbocycles. The average molecular weight is 286 g/mol. The van der Waals surface area contributed by atoms with Crippen LogP contribution in [0.2, 0.25) is 0 Å². The number of anilines is 1. The van der Waals surface area contributed by atoms with Crippen molar-refractivity contribution in [2.45, 2.75) is 52.4 Å². The van der Waals surface area contributed by atoms with Gasteiger partial charge in [-0.15, -0.1) is 0 Å². The van der Waals surface area contributed by atoms with Crippen molar-refractivity contribution in [2.75, 3.05) is 11.9 Å². The van der Waals surface area contributed by atoms with Crippen LogP contribution in [0.3, 0.4) is 0 Å². The molecule has 114 valence electrons. The maximum Gasteiger partial charge on any atom is 0.152 e. The number of nitrogens with zero attached hydrogens (tertiary/aromatic N) is 3. The fraction of sp³-hybridized carbons (Fsp3) is 0.647. The Morgan fingerprint density at radius 1 is 1.33 bits per heavy atom. The highest BCUT2D eigenvalue weighted by Gasteiger charge is 2.22. The summed E-state index contributed by atoms with van der Waals surface area (Å²) in [4.78, 5) is 4.51. The van der Waals surface area contributed by atoms with Gasteiger partial charge in [0.2, 0.25) is 0 Å². The van der Waals surface area contributed by atoms with Crippen molar-refractivity contribution < 1.29 is 0 Å². The molecular weight excluding hydrogens is 260 g/mol. The average Bonchev–Trinajstić information content (AvgIpc) is 3.01. The summed E-state index contributed by atoms with van der Waals surface area (Å²) in [5.74, 6) is 2.62. The van der Waals surface area contributed by atoms with Crippen LogP contribution in [-0.2, 0) is 5.41 Å². The molecule has 0 aliphatic heterocycles.